The van der Waals surface area contributed by atoms with Gasteiger partial charge in [-0.3, -0.25) is 14.5 Å². The fourth-order valence-corrected chi connectivity index (χ4v) is 3.12. The van der Waals surface area contributed by atoms with Crippen LogP contribution in [0.25, 0.3) is 0 Å². The van der Waals surface area contributed by atoms with E-state index in [2.05, 4.69) is 33.0 Å². The SMILES string of the molecule is CC(C)C(C)(C)CNC1CC(=O)N(C2CCCCC2)C1=O. The number of carbonyl (C=O) groups is 2. The standard InChI is InChI=1S/C17H30N2O2/c1-12(2)17(3,4)11-18-14-10-15(20)19(16(14)21)13-8-6-5-7-9-13/h12-14,18H,5-11H2,1-4H3. The van der Waals surface area contributed by atoms with Crippen molar-refractivity contribution in [1.82, 2.24) is 10.2 Å². The Morgan fingerprint density at radius 1 is 1.19 bits per heavy atom. The molecular formula is C17H30N2O2. The molecule has 2 amide bonds. The van der Waals surface area contributed by atoms with Gasteiger partial charge in [-0.2, -0.15) is 0 Å². The monoisotopic (exact) mass is 294 g/mol. The van der Waals surface area contributed by atoms with E-state index in [-0.39, 0.29) is 29.3 Å². The van der Waals surface area contributed by atoms with Crippen LogP contribution in [-0.2, 0) is 9.59 Å². The van der Waals surface area contributed by atoms with E-state index in [0.717, 1.165) is 32.2 Å². The Hall–Kier alpha value is -0.900. The van der Waals surface area contributed by atoms with Gasteiger partial charge in [0.15, 0.2) is 0 Å². The summed E-state index contributed by atoms with van der Waals surface area (Å²) in [5.41, 5.74) is 0.127. The molecule has 1 aliphatic heterocycles. The molecule has 2 rings (SSSR count). The summed E-state index contributed by atoms with van der Waals surface area (Å²) < 4.78 is 0. The van der Waals surface area contributed by atoms with Crippen LogP contribution in [-0.4, -0.2) is 35.3 Å². The fraction of sp³-hybridized carbons (Fsp3) is 0.882. The quantitative estimate of drug-likeness (QED) is 0.793. The van der Waals surface area contributed by atoms with Crippen LogP contribution in [0.4, 0.5) is 0 Å². The molecule has 0 radical (unpaired) electrons. The van der Waals surface area contributed by atoms with Crippen LogP contribution in [0.5, 0.6) is 0 Å². The van der Waals surface area contributed by atoms with Crippen LogP contribution in [0.1, 0.15) is 66.2 Å². The molecule has 4 nitrogen and oxygen atoms in total. The number of nitrogens with zero attached hydrogens (tertiary/aromatic N) is 1. The number of nitrogens with one attached hydrogen (secondary N) is 1. The van der Waals surface area contributed by atoms with Crippen molar-refractivity contribution in [2.45, 2.75) is 78.3 Å². The fourth-order valence-electron chi connectivity index (χ4n) is 3.12. The van der Waals surface area contributed by atoms with Gasteiger partial charge < -0.3 is 5.32 Å². The van der Waals surface area contributed by atoms with Gasteiger partial charge in [0.1, 0.15) is 0 Å². The van der Waals surface area contributed by atoms with Crippen molar-refractivity contribution in [2.75, 3.05) is 6.54 Å². The molecule has 21 heavy (non-hydrogen) atoms. The molecule has 4 heteroatoms. The zero-order valence-electron chi connectivity index (χ0n) is 13.9. The Bertz CT molecular complexity index is 398. The van der Waals surface area contributed by atoms with Crippen LogP contribution in [0.3, 0.4) is 0 Å². The lowest BCUT2D eigenvalue weighted by Gasteiger charge is -2.31. The smallest absolute Gasteiger partial charge is 0.247 e. The number of hydrogen-bond donors (Lipinski definition) is 1. The van der Waals surface area contributed by atoms with Crippen molar-refractivity contribution >= 4 is 11.8 Å². The molecule has 0 bridgehead atoms. The highest BCUT2D eigenvalue weighted by molar-refractivity contribution is 6.05. The molecule has 0 aromatic carbocycles. The highest BCUT2D eigenvalue weighted by Crippen LogP contribution is 2.29. The van der Waals surface area contributed by atoms with Crippen LogP contribution < -0.4 is 5.32 Å². The van der Waals surface area contributed by atoms with Crippen molar-refractivity contribution in [3.63, 3.8) is 0 Å². The molecule has 1 aliphatic carbocycles. The number of hydrogen-bond acceptors (Lipinski definition) is 3. The van der Waals surface area contributed by atoms with Gasteiger partial charge >= 0.3 is 0 Å². The first-order valence-electron chi connectivity index (χ1n) is 8.42. The number of likely N-dealkylation sites (tertiary alicyclic amines) is 1. The highest BCUT2D eigenvalue weighted by atomic mass is 16.2. The second-order valence-corrected chi connectivity index (χ2v) is 7.67. The van der Waals surface area contributed by atoms with Gasteiger partial charge in [0.25, 0.3) is 0 Å². The summed E-state index contributed by atoms with van der Waals surface area (Å²) in [6.45, 7) is 9.55. The van der Waals surface area contributed by atoms with Crippen molar-refractivity contribution in [2.24, 2.45) is 11.3 Å². The number of amides is 2. The average molecular weight is 294 g/mol. The molecule has 0 aromatic rings. The average Bonchev–Trinajstić information content (AvgIpc) is 2.72. The predicted molar refractivity (Wildman–Crippen MR) is 83.8 cm³/mol. The van der Waals surface area contributed by atoms with E-state index in [4.69, 9.17) is 0 Å². The first kappa shape index (κ1) is 16.5. The van der Waals surface area contributed by atoms with Crippen LogP contribution in [0, 0.1) is 11.3 Å². The van der Waals surface area contributed by atoms with E-state index in [9.17, 15) is 9.59 Å². The molecule has 1 N–H and O–H groups in total. The molecular weight excluding hydrogens is 264 g/mol. The minimum Gasteiger partial charge on any atom is -0.305 e. The first-order valence-corrected chi connectivity index (χ1v) is 8.42. The van der Waals surface area contributed by atoms with Gasteiger partial charge in [-0.1, -0.05) is 47.0 Å². The summed E-state index contributed by atoms with van der Waals surface area (Å²) in [6, 6.07) is -0.152. The molecule has 1 heterocycles. The Morgan fingerprint density at radius 3 is 2.38 bits per heavy atom. The lowest BCUT2D eigenvalue weighted by Crippen LogP contribution is -2.46. The Kier molecular flexibility index (Phi) is 5.07. The van der Waals surface area contributed by atoms with E-state index >= 15 is 0 Å². The number of imide groups is 1. The summed E-state index contributed by atoms with van der Waals surface area (Å²) in [4.78, 5) is 26.3. The zero-order chi connectivity index (χ0) is 15.6. The van der Waals surface area contributed by atoms with Gasteiger partial charge in [-0.15, -0.1) is 0 Å². The van der Waals surface area contributed by atoms with Gasteiger partial charge in [-0.05, 0) is 24.2 Å². The topological polar surface area (TPSA) is 49.4 Å². The number of rotatable bonds is 5. The Morgan fingerprint density at radius 2 is 1.81 bits per heavy atom. The summed E-state index contributed by atoms with van der Waals surface area (Å²) in [5.74, 6) is 0.560. The third kappa shape index (κ3) is 3.65. The third-order valence-electron chi connectivity index (χ3n) is 5.49. The van der Waals surface area contributed by atoms with Gasteiger partial charge in [0.05, 0.1) is 12.5 Å². The lowest BCUT2D eigenvalue weighted by atomic mass is 9.81. The molecule has 1 atom stereocenters. The van der Waals surface area contributed by atoms with Crippen molar-refractivity contribution in [1.29, 1.82) is 0 Å². The van der Waals surface area contributed by atoms with E-state index in [1.807, 2.05) is 0 Å². The van der Waals surface area contributed by atoms with Crippen molar-refractivity contribution < 1.29 is 9.59 Å². The second-order valence-electron chi connectivity index (χ2n) is 7.67. The molecule has 1 saturated heterocycles. The maximum absolute atomic E-state index is 12.5. The predicted octanol–water partition coefficient (Wildman–Crippen LogP) is 2.72. The summed E-state index contributed by atoms with van der Waals surface area (Å²) in [5, 5.41) is 3.34. The minimum atomic E-state index is -0.308. The normalized spacial score (nSPS) is 25.2. The van der Waals surface area contributed by atoms with E-state index < -0.39 is 0 Å². The summed E-state index contributed by atoms with van der Waals surface area (Å²) in [7, 11) is 0. The van der Waals surface area contributed by atoms with Crippen LogP contribution in [0.2, 0.25) is 0 Å². The molecule has 120 valence electrons. The molecule has 0 aromatic heterocycles. The van der Waals surface area contributed by atoms with E-state index in [0.29, 0.717) is 12.3 Å². The van der Waals surface area contributed by atoms with Gasteiger partial charge in [0.2, 0.25) is 11.8 Å². The van der Waals surface area contributed by atoms with Gasteiger partial charge in [0, 0.05) is 12.6 Å². The lowest BCUT2D eigenvalue weighted by molar-refractivity contribution is -0.142. The van der Waals surface area contributed by atoms with Gasteiger partial charge in [-0.25, -0.2) is 0 Å². The van der Waals surface area contributed by atoms with Crippen molar-refractivity contribution in [3.05, 3.63) is 0 Å². The zero-order valence-corrected chi connectivity index (χ0v) is 13.9. The van der Waals surface area contributed by atoms with E-state index in [1.165, 1.54) is 6.42 Å². The molecule has 0 spiro atoms. The Labute approximate surface area is 128 Å². The van der Waals surface area contributed by atoms with Crippen molar-refractivity contribution in [3.8, 4) is 0 Å². The molecule has 2 aliphatic rings. The second kappa shape index (κ2) is 6.47. The number of carbonyl (C=O) groups excluding carboxylic acids is 2. The highest BCUT2D eigenvalue weighted by Gasteiger charge is 2.42. The first-order chi connectivity index (χ1) is 9.83. The maximum atomic E-state index is 12.5. The Balaban J connectivity index is 1.94. The van der Waals surface area contributed by atoms with E-state index in [1.54, 1.807) is 4.90 Å². The largest absolute Gasteiger partial charge is 0.305 e. The summed E-state index contributed by atoms with van der Waals surface area (Å²) in [6.07, 6.45) is 5.82. The molecule has 1 saturated carbocycles. The molecule has 1 unspecified atom stereocenters. The third-order valence-corrected chi connectivity index (χ3v) is 5.49. The minimum absolute atomic E-state index is 0.00598. The maximum Gasteiger partial charge on any atom is 0.247 e. The van der Waals surface area contributed by atoms with Crippen LogP contribution in [0.15, 0.2) is 0 Å². The summed E-state index contributed by atoms with van der Waals surface area (Å²) >= 11 is 0. The van der Waals surface area contributed by atoms with Crippen LogP contribution >= 0.6 is 0 Å². The molecule has 2 fully saturated rings.